The van der Waals surface area contributed by atoms with Gasteiger partial charge in [0.2, 0.25) is 0 Å². The topological polar surface area (TPSA) is 58.1 Å². The molecule has 0 aromatic heterocycles. The summed E-state index contributed by atoms with van der Waals surface area (Å²) in [5.74, 6) is -0.404. The molecule has 1 heterocycles. The zero-order valence-electron chi connectivity index (χ0n) is 17.4. The molecular weight excluding hydrogens is 409 g/mol. The number of nitrogens with zero attached hydrogens (tertiary/aromatic N) is 2. The summed E-state index contributed by atoms with van der Waals surface area (Å²) >= 11 is 0. The highest BCUT2D eigenvalue weighted by atomic mass is 19.3. The third kappa shape index (κ3) is 6.86. The van der Waals surface area contributed by atoms with Gasteiger partial charge in [0.1, 0.15) is 11.6 Å². The van der Waals surface area contributed by atoms with Crippen LogP contribution in [0.15, 0.2) is 47.5 Å². The fourth-order valence-electron chi connectivity index (χ4n) is 3.37. The summed E-state index contributed by atoms with van der Waals surface area (Å²) in [5.41, 5.74) is 2.33. The van der Waals surface area contributed by atoms with Gasteiger partial charge in [0, 0.05) is 45.3 Å². The number of halogens is 3. The minimum Gasteiger partial charge on any atom is -0.434 e. The van der Waals surface area contributed by atoms with Crippen LogP contribution in [0, 0.1) is 5.82 Å². The van der Waals surface area contributed by atoms with E-state index in [0.29, 0.717) is 12.5 Å². The van der Waals surface area contributed by atoms with Crippen molar-refractivity contribution >= 4 is 5.96 Å². The molecule has 0 bridgehead atoms. The molecule has 2 aromatic rings. The maximum absolute atomic E-state index is 14.1. The molecule has 0 spiro atoms. The molecule has 0 atom stereocenters. The lowest BCUT2D eigenvalue weighted by molar-refractivity contribution is -0.0506. The van der Waals surface area contributed by atoms with Gasteiger partial charge < -0.3 is 20.1 Å². The van der Waals surface area contributed by atoms with E-state index in [1.807, 2.05) is 18.2 Å². The molecule has 1 aliphatic rings. The Kier molecular flexibility index (Phi) is 8.54. The van der Waals surface area contributed by atoms with E-state index in [1.165, 1.54) is 23.8 Å². The highest BCUT2D eigenvalue weighted by Crippen LogP contribution is 2.23. The Morgan fingerprint density at radius 3 is 2.48 bits per heavy atom. The first-order chi connectivity index (χ1) is 15.1. The molecule has 0 aliphatic carbocycles. The molecule has 0 radical (unpaired) electrons. The Morgan fingerprint density at radius 2 is 1.77 bits per heavy atom. The van der Waals surface area contributed by atoms with Crippen LogP contribution in [0.2, 0.25) is 0 Å². The molecule has 3 rings (SSSR count). The predicted octanol–water partition coefficient (Wildman–Crippen LogP) is 3.12. The molecular formula is C22H27F3N4O2. The van der Waals surface area contributed by atoms with Crippen LogP contribution in [-0.2, 0) is 24.4 Å². The number of aliphatic imine (C=N–C) groups is 1. The zero-order valence-corrected chi connectivity index (χ0v) is 17.4. The van der Waals surface area contributed by atoms with Crippen molar-refractivity contribution in [2.75, 3.05) is 33.4 Å². The van der Waals surface area contributed by atoms with E-state index < -0.39 is 12.4 Å². The predicted molar refractivity (Wildman–Crippen MR) is 113 cm³/mol. The van der Waals surface area contributed by atoms with Crippen molar-refractivity contribution in [3.63, 3.8) is 0 Å². The molecule has 168 valence electrons. The summed E-state index contributed by atoms with van der Waals surface area (Å²) in [6, 6.07) is 12.0. The van der Waals surface area contributed by atoms with Gasteiger partial charge in [0.15, 0.2) is 5.96 Å². The molecule has 1 saturated heterocycles. The van der Waals surface area contributed by atoms with Crippen molar-refractivity contribution in [3.05, 3.63) is 65.0 Å². The van der Waals surface area contributed by atoms with Crippen LogP contribution in [0.3, 0.4) is 0 Å². The lowest BCUT2D eigenvalue weighted by atomic mass is 10.1. The minimum absolute atomic E-state index is 0.0125. The first-order valence-electron chi connectivity index (χ1n) is 10.1. The molecule has 0 saturated carbocycles. The summed E-state index contributed by atoms with van der Waals surface area (Å²) in [6.07, 6.45) is 0. The van der Waals surface area contributed by atoms with Gasteiger partial charge in [-0.1, -0.05) is 30.3 Å². The number of hydrogen-bond acceptors (Lipinski definition) is 4. The average Bonchev–Trinajstić information content (AvgIpc) is 2.76. The zero-order chi connectivity index (χ0) is 22.1. The van der Waals surface area contributed by atoms with Gasteiger partial charge in [-0.05, 0) is 23.3 Å². The highest BCUT2D eigenvalue weighted by molar-refractivity contribution is 5.79. The average molecular weight is 436 g/mol. The Hall–Kier alpha value is -2.78. The van der Waals surface area contributed by atoms with Crippen LogP contribution < -0.4 is 15.4 Å². The molecule has 1 aliphatic heterocycles. The largest absolute Gasteiger partial charge is 0.434 e. The Labute approximate surface area is 180 Å². The van der Waals surface area contributed by atoms with Crippen LogP contribution in [0.4, 0.5) is 13.2 Å². The SMILES string of the molecule is CN=C(NCc1ccccc1CN1CCOCC1)NCc1c(F)cccc1OC(F)F. The summed E-state index contributed by atoms with van der Waals surface area (Å²) in [7, 11) is 1.59. The standard InChI is InChI=1S/C22H27F3N4O2/c1-26-22(28-14-18-19(23)7-4-8-20(18)31-21(24)25)27-13-16-5-2-3-6-17(16)15-29-9-11-30-12-10-29/h2-8,21H,9-15H2,1H3,(H2,26,27,28). The van der Waals surface area contributed by atoms with Gasteiger partial charge in [-0.15, -0.1) is 0 Å². The van der Waals surface area contributed by atoms with Crippen molar-refractivity contribution in [1.82, 2.24) is 15.5 Å². The molecule has 1 fully saturated rings. The van der Waals surface area contributed by atoms with Crippen LogP contribution in [0.5, 0.6) is 5.75 Å². The van der Waals surface area contributed by atoms with Crippen molar-refractivity contribution in [2.24, 2.45) is 4.99 Å². The van der Waals surface area contributed by atoms with Gasteiger partial charge >= 0.3 is 6.61 Å². The molecule has 2 N–H and O–H groups in total. The van der Waals surface area contributed by atoms with Gasteiger partial charge in [-0.3, -0.25) is 9.89 Å². The maximum Gasteiger partial charge on any atom is 0.387 e. The smallest absolute Gasteiger partial charge is 0.387 e. The normalized spacial score (nSPS) is 15.2. The van der Waals surface area contributed by atoms with Gasteiger partial charge in [0.05, 0.1) is 13.2 Å². The van der Waals surface area contributed by atoms with Gasteiger partial charge in [-0.25, -0.2) is 4.39 Å². The number of nitrogens with one attached hydrogen (secondary N) is 2. The van der Waals surface area contributed by atoms with Crippen LogP contribution in [-0.4, -0.2) is 50.8 Å². The highest BCUT2D eigenvalue weighted by Gasteiger charge is 2.15. The Morgan fingerprint density at radius 1 is 1.06 bits per heavy atom. The van der Waals surface area contributed by atoms with Crippen molar-refractivity contribution in [1.29, 1.82) is 0 Å². The summed E-state index contributed by atoms with van der Waals surface area (Å²) < 4.78 is 49.2. The Balaban J connectivity index is 1.60. The lowest BCUT2D eigenvalue weighted by Gasteiger charge is -2.27. The van der Waals surface area contributed by atoms with Crippen LogP contribution in [0.25, 0.3) is 0 Å². The number of guanidine groups is 1. The fourth-order valence-corrected chi connectivity index (χ4v) is 3.37. The number of morpholine rings is 1. The molecule has 0 unspecified atom stereocenters. The second-order valence-corrected chi connectivity index (χ2v) is 7.03. The maximum atomic E-state index is 14.1. The van der Waals surface area contributed by atoms with E-state index in [1.54, 1.807) is 7.05 Å². The van der Waals surface area contributed by atoms with Crippen molar-refractivity contribution in [3.8, 4) is 5.75 Å². The molecule has 2 aromatic carbocycles. The monoisotopic (exact) mass is 436 g/mol. The quantitative estimate of drug-likeness (QED) is 0.492. The first-order valence-corrected chi connectivity index (χ1v) is 10.1. The first kappa shape index (κ1) is 22.9. The van der Waals surface area contributed by atoms with E-state index in [4.69, 9.17) is 4.74 Å². The van der Waals surface area contributed by atoms with Crippen molar-refractivity contribution < 1.29 is 22.6 Å². The molecule has 0 amide bonds. The van der Waals surface area contributed by atoms with E-state index in [-0.39, 0.29) is 17.9 Å². The van der Waals surface area contributed by atoms with Crippen LogP contribution in [0.1, 0.15) is 16.7 Å². The number of benzene rings is 2. The number of alkyl halides is 2. The van der Waals surface area contributed by atoms with E-state index in [0.717, 1.165) is 38.4 Å². The third-order valence-corrected chi connectivity index (χ3v) is 5.01. The molecule has 9 heteroatoms. The molecule has 6 nitrogen and oxygen atoms in total. The second kappa shape index (κ2) is 11.6. The van der Waals surface area contributed by atoms with Crippen molar-refractivity contribution in [2.45, 2.75) is 26.2 Å². The third-order valence-electron chi connectivity index (χ3n) is 5.01. The minimum atomic E-state index is -3.03. The van der Waals surface area contributed by atoms with Crippen LogP contribution >= 0.6 is 0 Å². The van der Waals surface area contributed by atoms with E-state index >= 15 is 0 Å². The second-order valence-electron chi connectivity index (χ2n) is 7.03. The summed E-state index contributed by atoms with van der Waals surface area (Å²) in [5, 5.41) is 6.16. The van der Waals surface area contributed by atoms with E-state index in [9.17, 15) is 13.2 Å². The number of rotatable bonds is 8. The number of hydrogen-bond donors (Lipinski definition) is 2. The fraction of sp³-hybridized carbons (Fsp3) is 0.409. The summed E-state index contributed by atoms with van der Waals surface area (Å²) in [6.45, 7) is 1.54. The Bertz CT molecular complexity index is 874. The molecule has 31 heavy (non-hydrogen) atoms. The summed E-state index contributed by atoms with van der Waals surface area (Å²) in [4.78, 5) is 6.49. The van der Waals surface area contributed by atoms with Gasteiger partial charge in [-0.2, -0.15) is 8.78 Å². The lowest BCUT2D eigenvalue weighted by Crippen LogP contribution is -2.38. The van der Waals surface area contributed by atoms with Gasteiger partial charge in [0.25, 0.3) is 0 Å². The van der Waals surface area contributed by atoms with E-state index in [2.05, 4.69) is 31.3 Å². The number of ether oxygens (including phenoxy) is 2.